The van der Waals surface area contributed by atoms with Crippen LogP contribution in [-0.2, 0) is 4.79 Å². The van der Waals surface area contributed by atoms with Gasteiger partial charge in [-0.2, -0.15) is 5.10 Å². The summed E-state index contributed by atoms with van der Waals surface area (Å²) in [6, 6.07) is 7.82. The minimum Gasteiger partial charge on any atom is -0.483 e. The molecule has 0 saturated heterocycles. The van der Waals surface area contributed by atoms with Crippen molar-refractivity contribution < 1.29 is 9.53 Å². The second kappa shape index (κ2) is 9.26. The van der Waals surface area contributed by atoms with Crippen LogP contribution >= 0.6 is 11.3 Å². The van der Waals surface area contributed by atoms with Crippen LogP contribution in [0.5, 0.6) is 5.75 Å². The van der Waals surface area contributed by atoms with Gasteiger partial charge in [0.05, 0.1) is 10.2 Å². The van der Waals surface area contributed by atoms with E-state index in [2.05, 4.69) is 27.8 Å². The lowest BCUT2D eigenvalue weighted by atomic mass is 10.1. The van der Waals surface area contributed by atoms with Gasteiger partial charge >= 0.3 is 0 Å². The van der Waals surface area contributed by atoms with Crippen LogP contribution in [0.4, 0.5) is 10.8 Å². The fourth-order valence-corrected chi connectivity index (χ4v) is 3.94. The van der Waals surface area contributed by atoms with Crippen LogP contribution in [0.25, 0.3) is 10.2 Å². The van der Waals surface area contributed by atoms with E-state index >= 15 is 0 Å². The molecule has 2 aromatic carbocycles. The van der Waals surface area contributed by atoms with Crippen LogP contribution in [-0.4, -0.2) is 23.2 Å². The van der Waals surface area contributed by atoms with Gasteiger partial charge in [0, 0.05) is 11.4 Å². The maximum absolute atomic E-state index is 12.6. The van der Waals surface area contributed by atoms with Crippen LogP contribution in [0, 0.1) is 27.7 Å². The number of aromatic nitrogens is 1. The van der Waals surface area contributed by atoms with Crippen molar-refractivity contribution in [2.45, 2.75) is 48.0 Å². The van der Waals surface area contributed by atoms with Crippen LogP contribution in [0.1, 0.15) is 42.5 Å². The van der Waals surface area contributed by atoms with Gasteiger partial charge in [-0.15, -0.1) is 0 Å². The summed E-state index contributed by atoms with van der Waals surface area (Å²) in [6.07, 6.45) is 0.885. The number of carbonyl (C=O) groups excluding carboxylic acids is 1. The molecule has 3 aromatic rings. The van der Waals surface area contributed by atoms with E-state index in [1.165, 1.54) is 11.3 Å². The number of amides is 1. The van der Waals surface area contributed by atoms with E-state index in [0.717, 1.165) is 61.2 Å². The molecule has 0 bridgehead atoms. The number of nitrogens with zero attached hydrogens (tertiary/aromatic N) is 2. The Bertz CT molecular complexity index is 1120. The van der Waals surface area contributed by atoms with E-state index in [4.69, 9.17) is 4.74 Å². The third kappa shape index (κ3) is 4.79. The monoisotopic (exact) mass is 424 g/mol. The SMILES string of the molecule is CC/C(C)=N\Nc1nc2cc(C)c(NC(=O)COc3cccc(C)c3C)c(C)c2s1. The minimum absolute atomic E-state index is 0.0400. The average molecular weight is 425 g/mol. The Morgan fingerprint density at radius 1 is 1.17 bits per heavy atom. The van der Waals surface area contributed by atoms with Crippen molar-refractivity contribution >= 4 is 44.0 Å². The van der Waals surface area contributed by atoms with E-state index in [1.54, 1.807) is 0 Å². The minimum atomic E-state index is -0.188. The van der Waals surface area contributed by atoms with E-state index < -0.39 is 0 Å². The third-order valence-corrected chi connectivity index (χ3v) is 6.24. The molecule has 0 aliphatic rings. The van der Waals surface area contributed by atoms with Crippen LogP contribution in [0.15, 0.2) is 29.4 Å². The first kappa shape index (κ1) is 21.8. The summed E-state index contributed by atoms with van der Waals surface area (Å²) in [7, 11) is 0. The number of thiazole rings is 1. The zero-order chi connectivity index (χ0) is 21.8. The van der Waals surface area contributed by atoms with Crippen molar-refractivity contribution in [3.63, 3.8) is 0 Å². The molecule has 7 heteroatoms. The smallest absolute Gasteiger partial charge is 0.262 e. The molecular formula is C23H28N4O2S. The summed E-state index contributed by atoms with van der Waals surface area (Å²) in [6.45, 7) is 12.0. The lowest BCUT2D eigenvalue weighted by molar-refractivity contribution is -0.118. The average Bonchev–Trinajstić information content (AvgIpc) is 3.13. The zero-order valence-electron chi connectivity index (χ0n) is 18.3. The molecule has 0 spiro atoms. The number of fused-ring (bicyclic) bond motifs is 1. The molecule has 1 amide bonds. The molecule has 0 radical (unpaired) electrons. The Morgan fingerprint density at radius 2 is 1.93 bits per heavy atom. The van der Waals surface area contributed by atoms with Gasteiger partial charge < -0.3 is 10.1 Å². The van der Waals surface area contributed by atoms with Gasteiger partial charge in [-0.05, 0) is 75.4 Å². The maximum Gasteiger partial charge on any atom is 0.262 e. The van der Waals surface area contributed by atoms with Crippen LogP contribution < -0.4 is 15.5 Å². The van der Waals surface area contributed by atoms with Crippen molar-refractivity contribution in [1.29, 1.82) is 0 Å². The summed E-state index contributed by atoms with van der Waals surface area (Å²) in [5, 5.41) is 8.07. The highest BCUT2D eigenvalue weighted by molar-refractivity contribution is 7.22. The first-order valence-corrected chi connectivity index (χ1v) is 10.8. The molecule has 158 valence electrons. The summed E-state index contributed by atoms with van der Waals surface area (Å²) in [4.78, 5) is 17.2. The van der Waals surface area contributed by atoms with Gasteiger partial charge in [0.15, 0.2) is 6.61 Å². The molecule has 0 aliphatic carbocycles. The second-order valence-electron chi connectivity index (χ2n) is 7.41. The van der Waals surface area contributed by atoms with Gasteiger partial charge in [0.1, 0.15) is 5.75 Å². The van der Waals surface area contributed by atoms with Crippen molar-refractivity contribution in [3.05, 3.63) is 46.5 Å². The first-order chi connectivity index (χ1) is 14.3. The highest BCUT2D eigenvalue weighted by atomic mass is 32.1. The van der Waals surface area contributed by atoms with Gasteiger partial charge in [0.2, 0.25) is 5.13 Å². The lowest BCUT2D eigenvalue weighted by Gasteiger charge is -2.14. The number of hydrogen-bond donors (Lipinski definition) is 2. The largest absolute Gasteiger partial charge is 0.483 e. The predicted octanol–water partition coefficient (Wildman–Crippen LogP) is 5.75. The number of ether oxygens (including phenoxy) is 1. The Morgan fingerprint density at radius 3 is 2.67 bits per heavy atom. The standard InChI is InChI=1S/C23H28N4O2S/c1-7-15(4)26-27-23-24-18-11-14(3)21(17(6)22(18)30-23)25-20(28)12-29-19-10-8-9-13(2)16(19)5/h8-11H,7,12H2,1-6H3,(H,24,27)(H,25,28)/b26-15-. The van der Waals surface area contributed by atoms with Gasteiger partial charge in [-0.25, -0.2) is 4.98 Å². The quantitative estimate of drug-likeness (QED) is 0.374. The number of rotatable bonds is 7. The highest BCUT2D eigenvalue weighted by Crippen LogP contribution is 2.35. The molecule has 30 heavy (non-hydrogen) atoms. The lowest BCUT2D eigenvalue weighted by Crippen LogP contribution is -2.21. The van der Waals surface area contributed by atoms with E-state index in [0.29, 0.717) is 0 Å². The highest BCUT2D eigenvalue weighted by Gasteiger charge is 2.15. The van der Waals surface area contributed by atoms with Gasteiger partial charge in [0.25, 0.3) is 5.91 Å². The van der Waals surface area contributed by atoms with E-state index in [1.807, 2.05) is 58.9 Å². The normalized spacial score (nSPS) is 11.6. The molecule has 1 aromatic heterocycles. The molecule has 0 unspecified atom stereocenters. The number of benzene rings is 2. The molecule has 2 N–H and O–H groups in total. The van der Waals surface area contributed by atoms with Crippen LogP contribution in [0.3, 0.4) is 0 Å². The molecule has 0 saturated carbocycles. The third-order valence-electron chi connectivity index (χ3n) is 5.15. The molecule has 6 nitrogen and oxygen atoms in total. The molecule has 3 rings (SSSR count). The topological polar surface area (TPSA) is 75.6 Å². The first-order valence-electron chi connectivity index (χ1n) is 9.99. The molecule has 0 aliphatic heterocycles. The fourth-order valence-electron chi connectivity index (χ4n) is 3.05. The Labute approximate surface area is 181 Å². The number of anilines is 2. The Kier molecular flexibility index (Phi) is 6.72. The summed E-state index contributed by atoms with van der Waals surface area (Å²) >= 11 is 1.53. The Balaban J connectivity index is 1.76. The van der Waals surface area contributed by atoms with Crippen LogP contribution in [0.2, 0.25) is 0 Å². The van der Waals surface area contributed by atoms with Gasteiger partial charge in [-0.3, -0.25) is 10.2 Å². The summed E-state index contributed by atoms with van der Waals surface area (Å²) in [5.74, 6) is 0.544. The van der Waals surface area contributed by atoms with E-state index in [9.17, 15) is 4.79 Å². The van der Waals surface area contributed by atoms with E-state index in [-0.39, 0.29) is 12.5 Å². The molecular weight excluding hydrogens is 396 g/mol. The number of hydrogen-bond acceptors (Lipinski definition) is 6. The second-order valence-corrected chi connectivity index (χ2v) is 8.41. The molecule has 1 heterocycles. The number of aryl methyl sites for hydroxylation is 3. The number of hydrazone groups is 1. The fraction of sp³-hybridized carbons (Fsp3) is 0.348. The molecule has 0 atom stereocenters. The number of nitrogens with one attached hydrogen (secondary N) is 2. The summed E-state index contributed by atoms with van der Waals surface area (Å²) in [5.41, 5.74) is 9.88. The molecule has 0 fully saturated rings. The van der Waals surface area contributed by atoms with Gasteiger partial charge in [-0.1, -0.05) is 30.4 Å². The maximum atomic E-state index is 12.6. The van der Waals surface area contributed by atoms with Crippen molar-refractivity contribution in [2.75, 3.05) is 17.3 Å². The number of carbonyl (C=O) groups is 1. The Hall–Kier alpha value is -2.93. The van der Waals surface area contributed by atoms with Crippen molar-refractivity contribution in [1.82, 2.24) is 4.98 Å². The zero-order valence-corrected chi connectivity index (χ0v) is 19.2. The summed E-state index contributed by atoms with van der Waals surface area (Å²) < 4.78 is 6.77. The van der Waals surface area contributed by atoms with Crippen molar-refractivity contribution in [3.8, 4) is 5.75 Å². The van der Waals surface area contributed by atoms with Crippen molar-refractivity contribution in [2.24, 2.45) is 5.10 Å². The predicted molar refractivity (Wildman–Crippen MR) is 126 cm³/mol.